The average molecular weight is 471 g/mol. The van der Waals surface area contributed by atoms with Crippen molar-refractivity contribution >= 4 is 28.3 Å². The molecule has 0 spiro atoms. The number of halogens is 2. The van der Waals surface area contributed by atoms with Gasteiger partial charge in [0, 0.05) is 38.1 Å². The average Bonchev–Trinajstić information content (AvgIpc) is 3.09. The third-order valence-corrected chi connectivity index (χ3v) is 6.29. The lowest BCUT2D eigenvalue weighted by molar-refractivity contribution is -0.130. The summed E-state index contributed by atoms with van der Waals surface area (Å²) in [4.78, 5) is 33.5. The molecule has 6 nitrogen and oxygen atoms in total. The highest BCUT2D eigenvalue weighted by Gasteiger charge is 2.21. The quantitative estimate of drug-likeness (QED) is 0.593. The monoisotopic (exact) mass is 470 g/mol. The fourth-order valence-electron chi connectivity index (χ4n) is 3.75. The predicted octanol–water partition coefficient (Wildman–Crippen LogP) is 3.95. The molecule has 0 unspecified atom stereocenters. The zero-order chi connectivity index (χ0) is 23.2. The second-order valence-corrected chi connectivity index (χ2v) is 8.75. The van der Waals surface area contributed by atoms with E-state index in [0.717, 1.165) is 31.6 Å². The van der Waals surface area contributed by atoms with Crippen LogP contribution in [0.5, 0.6) is 0 Å². The van der Waals surface area contributed by atoms with Crippen LogP contribution in [-0.2, 0) is 17.8 Å². The van der Waals surface area contributed by atoms with Crippen molar-refractivity contribution in [1.29, 1.82) is 0 Å². The number of hydrogen-bond acceptors (Lipinski definition) is 5. The van der Waals surface area contributed by atoms with E-state index in [-0.39, 0.29) is 23.7 Å². The van der Waals surface area contributed by atoms with E-state index in [4.69, 9.17) is 0 Å². The van der Waals surface area contributed by atoms with Crippen LogP contribution in [0.3, 0.4) is 0 Å². The summed E-state index contributed by atoms with van der Waals surface area (Å²) in [5, 5.41) is 4.64. The second kappa shape index (κ2) is 10.6. The van der Waals surface area contributed by atoms with Gasteiger partial charge in [-0.25, -0.2) is 13.8 Å². The van der Waals surface area contributed by atoms with E-state index in [0.29, 0.717) is 23.9 Å². The number of aromatic nitrogens is 1. The number of carbonyl (C=O) groups is 2. The van der Waals surface area contributed by atoms with E-state index in [1.165, 1.54) is 41.7 Å². The molecule has 0 saturated carbocycles. The molecule has 9 heteroatoms. The molecular formula is C24H24F2N4O2S. The lowest BCUT2D eigenvalue weighted by Gasteiger charge is -2.22. The first-order chi connectivity index (χ1) is 16.0. The smallest absolute Gasteiger partial charge is 0.260 e. The molecule has 0 bridgehead atoms. The van der Waals surface area contributed by atoms with Crippen LogP contribution >= 0.6 is 11.3 Å². The van der Waals surface area contributed by atoms with Crippen molar-refractivity contribution in [1.82, 2.24) is 14.8 Å². The molecular weight excluding hydrogens is 446 g/mol. The Hall–Kier alpha value is -3.17. The number of benzene rings is 2. The van der Waals surface area contributed by atoms with Crippen molar-refractivity contribution in [3.05, 3.63) is 82.4 Å². The largest absolute Gasteiger partial charge is 0.341 e. The Bertz CT molecular complexity index is 1120. The van der Waals surface area contributed by atoms with Gasteiger partial charge in [-0.3, -0.25) is 19.8 Å². The van der Waals surface area contributed by atoms with Crippen LogP contribution in [0.4, 0.5) is 13.9 Å². The first kappa shape index (κ1) is 23.0. The molecule has 1 fully saturated rings. The van der Waals surface area contributed by atoms with E-state index in [1.807, 2.05) is 4.90 Å². The van der Waals surface area contributed by atoms with Crippen molar-refractivity contribution in [2.45, 2.75) is 19.4 Å². The van der Waals surface area contributed by atoms with Crippen molar-refractivity contribution in [3.8, 4) is 0 Å². The minimum atomic E-state index is -0.600. The van der Waals surface area contributed by atoms with Gasteiger partial charge >= 0.3 is 0 Å². The number of nitrogens with one attached hydrogen (secondary N) is 1. The van der Waals surface area contributed by atoms with Crippen LogP contribution in [0, 0.1) is 11.6 Å². The van der Waals surface area contributed by atoms with E-state index < -0.39 is 11.7 Å². The van der Waals surface area contributed by atoms with Crippen LogP contribution in [0.2, 0.25) is 0 Å². The lowest BCUT2D eigenvalue weighted by Crippen LogP contribution is -2.36. The predicted molar refractivity (Wildman–Crippen MR) is 123 cm³/mol. The zero-order valence-corrected chi connectivity index (χ0v) is 18.8. The Morgan fingerprint density at radius 3 is 2.58 bits per heavy atom. The van der Waals surface area contributed by atoms with Gasteiger partial charge in [0.15, 0.2) is 5.13 Å². The maximum Gasteiger partial charge on any atom is 0.260 e. The van der Waals surface area contributed by atoms with E-state index in [1.54, 1.807) is 23.6 Å². The number of amides is 2. The van der Waals surface area contributed by atoms with Crippen LogP contribution in [0.25, 0.3) is 0 Å². The molecule has 0 radical (unpaired) electrons. The Kier molecular flexibility index (Phi) is 7.41. The molecule has 33 heavy (non-hydrogen) atoms. The molecule has 0 atom stereocenters. The van der Waals surface area contributed by atoms with Gasteiger partial charge in [0.05, 0.1) is 17.7 Å². The first-order valence-electron chi connectivity index (χ1n) is 10.7. The molecule has 1 aliphatic heterocycles. The fourth-order valence-corrected chi connectivity index (χ4v) is 4.45. The minimum absolute atomic E-state index is 0.0177. The summed E-state index contributed by atoms with van der Waals surface area (Å²) in [6, 6.07) is 12.2. The Morgan fingerprint density at radius 1 is 1.00 bits per heavy atom. The standard InChI is InChI=1S/C24H24F2N4O2S/c25-18-8-6-17(7-9-18)15-29-10-3-11-30(13-12-29)22(31)14-19-16-33-24(27-19)28-23(32)20-4-1-2-5-21(20)26/h1-2,4-9,16H,3,10-15H2,(H,27,28,32). The third-order valence-electron chi connectivity index (χ3n) is 5.48. The van der Waals surface area contributed by atoms with Gasteiger partial charge in [-0.1, -0.05) is 24.3 Å². The second-order valence-electron chi connectivity index (χ2n) is 7.89. The van der Waals surface area contributed by atoms with Gasteiger partial charge in [0.1, 0.15) is 11.6 Å². The number of thiazole rings is 1. The van der Waals surface area contributed by atoms with Crippen molar-refractivity contribution in [2.24, 2.45) is 0 Å². The van der Waals surface area contributed by atoms with Gasteiger partial charge in [0.25, 0.3) is 5.91 Å². The van der Waals surface area contributed by atoms with Gasteiger partial charge in [-0.05, 0) is 36.2 Å². The van der Waals surface area contributed by atoms with Gasteiger partial charge < -0.3 is 4.90 Å². The third kappa shape index (κ3) is 6.21. The summed E-state index contributed by atoms with van der Waals surface area (Å²) in [5.41, 5.74) is 1.56. The van der Waals surface area contributed by atoms with Gasteiger partial charge in [-0.2, -0.15) is 0 Å². The summed E-state index contributed by atoms with van der Waals surface area (Å²) in [7, 11) is 0. The van der Waals surface area contributed by atoms with Crippen molar-refractivity contribution < 1.29 is 18.4 Å². The maximum atomic E-state index is 13.8. The number of anilines is 1. The summed E-state index contributed by atoms with van der Waals surface area (Å²) in [6.07, 6.45) is 0.998. The summed E-state index contributed by atoms with van der Waals surface area (Å²) < 4.78 is 26.9. The summed E-state index contributed by atoms with van der Waals surface area (Å²) in [6.45, 7) is 3.61. The molecule has 2 aromatic carbocycles. The van der Waals surface area contributed by atoms with E-state index in [9.17, 15) is 18.4 Å². The number of carbonyl (C=O) groups excluding carboxylic acids is 2. The Labute approximate surface area is 194 Å². The first-order valence-corrected chi connectivity index (χ1v) is 11.6. The Morgan fingerprint density at radius 2 is 1.79 bits per heavy atom. The van der Waals surface area contributed by atoms with Gasteiger partial charge in [0.2, 0.25) is 5.91 Å². The van der Waals surface area contributed by atoms with Crippen molar-refractivity contribution in [2.75, 3.05) is 31.5 Å². The maximum absolute atomic E-state index is 13.8. The molecule has 3 aromatic rings. The highest BCUT2D eigenvalue weighted by molar-refractivity contribution is 7.14. The number of nitrogens with zero attached hydrogens (tertiary/aromatic N) is 3. The van der Waals surface area contributed by atoms with Crippen LogP contribution < -0.4 is 5.32 Å². The van der Waals surface area contributed by atoms with Crippen LogP contribution in [0.1, 0.15) is 28.0 Å². The van der Waals surface area contributed by atoms with Crippen molar-refractivity contribution in [3.63, 3.8) is 0 Å². The van der Waals surface area contributed by atoms with E-state index in [2.05, 4.69) is 15.2 Å². The highest BCUT2D eigenvalue weighted by atomic mass is 32.1. The van der Waals surface area contributed by atoms with E-state index >= 15 is 0 Å². The van der Waals surface area contributed by atoms with Crippen LogP contribution in [-0.4, -0.2) is 52.8 Å². The summed E-state index contributed by atoms with van der Waals surface area (Å²) in [5.74, 6) is -1.44. The molecule has 172 valence electrons. The molecule has 1 saturated heterocycles. The van der Waals surface area contributed by atoms with Crippen LogP contribution in [0.15, 0.2) is 53.9 Å². The lowest BCUT2D eigenvalue weighted by atomic mass is 10.2. The van der Waals surface area contributed by atoms with Gasteiger partial charge in [-0.15, -0.1) is 11.3 Å². The molecule has 2 heterocycles. The molecule has 4 rings (SSSR count). The highest BCUT2D eigenvalue weighted by Crippen LogP contribution is 2.19. The number of hydrogen-bond donors (Lipinski definition) is 1. The molecule has 1 N–H and O–H groups in total. The molecule has 1 aliphatic rings. The molecule has 0 aliphatic carbocycles. The zero-order valence-electron chi connectivity index (χ0n) is 18.0. The topological polar surface area (TPSA) is 65.5 Å². The molecule has 1 aromatic heterocycles. The SMILES string of the molecule is O=C(Nc1nc(CC(=O)N2CCCN(Cc3ccc(F)cc3)CC2)cs1)c1ccccc1F. The summed E-state index contributed by atoms with van der Waals surface area (Å²) >= 11 is 1.20. The number of rotatable bonds is 6. The molecule has 2 amide bonds. The Balaban J connectivity index is 1.29. The minimum Gasteiger partial charge on any atom is -0.341 e. The fraction of sp³-hybridized carbons (Fsp3) is 0.292. The normalized spacial score (nSPS) is 14.7.